The van der Waals surface area contributed by atoms with E-state index in [0.717, 1.165) is 36.7 Å². The fraction of sp³-hybridized carbons (Fsp3) is 0.381. The van der Waals surface area contributed by atoms with Gasteiger partial charge >= 0.3 is 0 Å². The van der Waals surface area contributed by atoms with Crippen LogP contribution in [0.3, 0.4) is 0 Å². The van der Waals surface area contributed by atoms with Crippen molar-refractivity contribution in [2.45, 2.75) is 51.6 Å². The van der Waals surface area contributed by atoms with Gasteiger partial charge in [-0.05, 0) is 43.2 Å². The molecule has 7 heteroatoms. The van der Waals surface area contributed by atoms with Crippen LogP contribution in [0, 0.1) is 11.6 Å². The minimum Gasteiger partial charge on any atom is -0.386 e. The number of alkyl halides is 2. The van der Waals surface area contributed by atoms with Gasteiger partial charge in [-0.3, -0.25) is 4.98 Å². The van der Waals surface area contributed by atoms with Gasteiger partial charge in [0.2, 0.25) is 0 Å². The molecule has 2 N–H and O–H groups in total. The second kappa shape index (κ2) is 7.81. The lowest BCUT2D eigenvalue weighted by atomic mass is 9.99. The summed E-state index contributed by atoms with van der Waals surface area (Å²) in [6.07, 6.45) is 4.80. The Labute approximate surface area is 161 Å². The topological polar surface area (TPSA) is 37.0 Å². The molecule has 0 spiro atoms. The molecule has 0 amide bonds. The maximum Gasteiger partial charge on any atom is 0.286 e. The van der Waals surface area contributed by atoms with Gasteiger partial charge < -0.3 is 10.6 Å². The van der Waals surface area contributed by atoms with Gasteiger partial charge in [-0.25, -0.2) is 8.78 Å². The molecule has 28 heavy (non-hydrogen) atoms. The SMILES string of the molecule is CC[C@H]1CC(NC(C)c2cc(F)c(-c3ccnc(C(C)(F)F)c3)cc2F)=CN1. The first-order valence-corrected chi connectivity index (χ1v) is 9.24. The normalized spacial score (nSPS) is 17.8. The summed E-state index contributed by atoms with van der Waals surface area (Å²) in [4.78, 5) is 3.62. The van der Waals surface area contributed by atoms with E-state index in [-0.39, 0.29) is 16.7 Å². The summed E-state index contributed by atoms with van der Waals surface area (Å²) < 4.78 is 56.4. The first kappa shape index (κ1) is 20.2. The Morgan fingerprint density at radius 1 is 1.25 bits per heavy atom. The molecule has 2 atom stereocenters. The Morgan fingerprint density at radius 2 is 2.00 bits per heavy atom. The summed E-state index contributed by atoms with van der Waals surface area (Å²) in [6.45, 7) is 4.53. The number of nitrogens with zero attached hydrogens (tertiary/aromatic N) is 1. The van der Waals surface area contributed by atoms with Gasteiger partial charge in [-0.1, -0.05) is 6.92 Å². The van der Waals surface area contributed by atoms with E-state index < -0.39 is 29.3 Å². The quantitative estimate of drug-likeness (QED) is 0.645. The van der Waals surface area contributed by atoms with Crippen LogP contribution in [0.2, 0.25) is 0 Å². The van der Waals surface area contributed by atoms with Gasteiger partial charge in [-0.2, -0.15) is 8.78 Å². The average Bonchev–Trinajstić information content (AvgIpc) is 3.10. The summed E-state index contributed by atoms with van der Waals surface area (Å²) in [7, 11) is 0. The minimum atomic E-state index is -3.16. The van der Waals surface area contributed by atoms with E-state index in [0.29, 0.717) is 13.0 Å². The van der Waals surface area contributed by atoms with Crippen molar-refractivity contribution >= 4 is 0 Å². The second-order valence-corrected chi connectivity index (χ2v) is 7.18. The standard InChI is InChI=1S/C21H23F4N3/c1-4-14-8-15(11-27-14)28-12(2)16-9-19(23)17(10-18(16)22)13-5-6-26-20(7-13)21(3,24)25/h5-7,9-12,14,27-28H,4,8H2,1-3H3/t12?,14-/m0/s1. The summed E-state index contributed by atoms with van der Waals surface area (Å²) >= 11 is 0. The van der Waals surface area contributed by atoms with Crippen molar-refractivity contribution < 1.29 is 17.6 Å². The van der Waals surface area contributed by atoms with Crippen molar-refractivity contribution in [3.63, 3.8) is 0 Å². The van der Waals surface area contributed by atoms with Crippen molar-refractivity contribution in [2.24, 2.45) is 0 Å². The third kappa shape index (κ3) is 4.29. The van der Waals surface area contributed by atoms with E-state index in [1.54, 1.807) is 6.92 Å². The van der Waals surface area contributed by atoms with E-state index in [1.165, 1.54) is 12.3 Å². The molecule has 0 fully saturated rings. The summed E-state index contributed by atoms with van der Waals surface area (Å²) in [5.74, 6) is -4.44. The highest BCUT2D eigenvalue weighted by Crippen LogP contribution is 2.32. The first-order chi connectivity index (χ1) is 13.2. The van der Waals surface area contributed by atoms with Crippen LogP contribution in [0.15, 0.2) is 42.4 Å². The minimum absolute atomic E-state index is 0.0749. The summed E-state index contributed by atoms with van der Waals surface area (Å²) in [6, 6.07) is 4.53. The zero-order chi connectivity index (χ0) is 20.5. The van der Waals surface area contributed by atoms with Gasteiger partial charge in [0, 0.05) is 48.6 Å². The fourth-order valence-corrected chi connectivity index (χ4v) is 3.27. The van der Waals surface area contributed by atoms with E-state index in [9.17, 15) is 17.6 Å². The summed E-state index contributed by atoms with van der Waals surface area (Å²) in [5.41, 5.74) is 0.706. The molecule has 1 unspecified atom stereocenters. The number of aromatic nitrogens is 1. The Balaban J connectivity index is 1.85. The number of pyridine rings is 1. The highest BCUT2D eigenvalue weighted by atomic mass is 19.3. The van der Waals surface area contributed by atoms with Crippen molar-refractivity contribution in [1.82, 2.24) is 15.6 Å². The molecule has 0 aliphatic carbocycles. The molecular weight excluding hydrogens is 370 g/mol. The molecule has 1 aliphatic rings. The number of hydrogen-bond acceptors (Lipinski definition) is 3. The predicted molar refractivity (Wildman–Crippen MR) is 101 cm³/mol. The first-order valence-electron chi connectivity index (χ1n) is 9.24. The lowest BCUT2D eigenvalue weighted by Crippen LogP contribution is -2.20. The smallest absolute Gasteiger partial charge is 0.286 e. The predicted octanol–water partition coefficient (Wildman–Crippen LogP) is 5.40. The fourth-order valence-electron chi connectivity index (χ4n) is 3.27. The third-order valence-electron chi connectivity index (χ3n) is 4.93. The molecule has 2 heterocycles. The lowest BCUT2D eigenvalue weighted by molar-refractivity contribution is 0.0128. The average molecular weight is 393 g/mol. The van der Waals surface area contributed by atoms with Gasteiger partial charge in [-0.15, -0.1) is 0 Å². The number of halogens is 4. The van der Waals surface area contributed by atoms with Crippen LogP contribution in [0.25, 0.3) is 11.1 Å². The van der Waals surface area contributed by atoms with Crippen molar-refractivity contribution in [2.75, 3.05) is 0 Å². The van der Waals surface area contributed by atoms with Crippen molar-refractivity contribution in [3.05, 3.63) is 65.3 Å². The van der Waals surface area contributed by atoms with Crippen LogP contribution in [-0.4, -0.2) is 11.0 Å². The van der Waals surface area contributed by atoms with Crippen LogP contribution in [-0.2, 0) is 5.92 Å². The molecule has 0 radical (unpaired) electrons. The number of benzene rings is 1. The van der Waals surface area contributed by atoms with Crippen LogP contribution in [0.4, 0.5) is 17.6 Å². The molecule has 150 valence electrons. The molecule has 3 rings (SSSR count). The van der Waals surface area contributed by atoms with Crippen molar-refractivity contribution in [1.29, 1.82) is 0 Å². The van der Waals surface area contributed by atoms with Crippen LogP contribution >= 0.6 is 0 Å². The Bertz CT molecular complexity index is 890. The molecule has 0 saturated heterocycles. The highest BCUT2D eigenvalue weighted by molar-refractivity contribution is 5.65. The lowest BCUT2D eigenvalue weighted by Gasteiger charge is -2.19. The molecular formula is C21H23F4N3. The van der Waals surface area contributed by atoms with Crippen LogP contribution < -0.4 is 10.6 Å². The zero-order valence-corrected chi connectivity index (χ0v) is 16.0. The largest absolute Gasteiger partial charge is 0.386 e. The van der Waals surface area contributed by atoms with Crippen LogP contribution in [0.1, 0.15) is 50.9 Å². The number of nitrogens with one attached hydrogen (secondary N) is 2. The molecule has 1 aliphatic heterocycles. The number of rotatable bonds is 6. The molecule has 2 aromatic rings. The molecule has 1 aromatic heterocycles. The third-order valence-corrected chi connectivity index (χ3v) is 4.93. The van der Waals surface area contributed by atoms with Crippen LogP contribution in [0.5, 0.6) is 0 Å². The molecule has 0 saturated carbocycles. The maximum atomic E-state index is 14.7. The van der Waals surface area contributed by atoms with Gasteiger partial charge in [0.15, 0.2) is 0 Å². The van der Waals surface area contributed by atoms with Gasteiger partial charge in [0.05, 0.1) is 6.04 Å². The summed E-state index contributed by atoms with van der Waals surface area (Å²) in [5, 5.41) is 6.43. The monoisotopic (exact) mass is 393 g/mol. The second-order valence-electron chi connectivity index (χ2n) is 7.18. The molecule has 1 aromatic carbocycles. The van der Waals surface area contributed by atoms with E-state index in [4.69, 9.17) is 0 Å². The van der Waals surface area contributed by atoms with Gasteiger partial charge in [0.25, 0.3) is 5.92 Å². The van der Waals surface area contributed by atoms with E-state index >= 15 is 0 Å². The Hall–Kier alpha value is -2.57. The van der Waals surface area contributed by atoms with Crippen molar-refractivity contribution in [3.8, 4) is 11.1 Å². The molecule has 0 bridgehead atoms. The molecule has 3 nitrogen and oxygen atoms in total. The van der Waals surface area contributed by atoms with Gasteiger partial charge in [0.1, 0.15) is 17.3 Å². The Kier molecular flexibility index (Phi) is 5.63. The highest BCUT2D eigenvalue weighted by Gasteiger charge is 2.27. The van der Waals surface area contributed by atoms with E-state index in [1.807, 2.05) is 6.20 Å². The van der Waals surface area contributed by atoms with E-state index in [2.05, 4.69) is 22.5 Å². The maximum absolute atomic E-state index is 14.7. The Morgan fingerprint density at radius 3 is 2.64 bits per heavy atom. The zero-order valence-electron chi connectivity index (χ0n) is 16.0. The number of hydrogen-bond donors (Lipinski definition) is 2.